The first-order valence-corrected chi connectivity index (χ1v) is 9.19. The van der Waals surface area contributed by atoms with Crippen LogP contribution in [0.25, 0.3) is 27.3 Å². The standard InChI is InChI=1S/C21H24N4O.2ClH/c1-4-7-18-23-16-11-10-15(22-12-13-24(2)3)19-20(16)25(18)17-9-6-5-8-14(17)21(19)26;;/h5-6,8-11,22H,4,7,12-13H2,1-3H3;2*1H. The first-order valence-electron chi connectivity index (χ1n) is 9.19. The Morgan fingerprint density at radius 3 is 2.57 bits per heavy atom. The molecule has 7 heteroatoms. The lowest BCUT2D eigenvalue weighted by Gasteiger charge is -2.14. The molecule has 5 nitrogen and oxygen atoms in total. The second kappa shape index (κ2) is 8.95. The van der Waals surface area contributed by atoms with Gasteiger partial charge in [0.05, 0.1) is 21.9 Å². The lowest BCUT2D eigenvalue weighted by molar-refractivity contribution is 0.425. The van der Waals surface area contributed by atoms with E-state index >= 15 is 0 Å². The van der Waals surface area contributed by atoms with Crippen LogP contribution >= 0.6 is 24.8 Å². The molecule has 0 bridgehead atoms. The number of fused-ring (bicyclic) bond motifs is 2. The lowest BCUT2D eigenvalue weighted by Crippen LogP contribution is -2.21. The molecule has 2 aromatic carbocycles. The number of aromatic nitrogens is 2. The summed E-state index contributed by atoms with van der Waals surface area (Å²) in [7, 11) is 4.09. The van der Waals surface area contributed by atoms with Gasteiger partial charge < -0.3 is 10.2 Å². The highest BCUT2D eigenvalue weighted by molar-refractivity contribution is 6.07. The fourth-order valence-electron chi connectivity index (χ4n) is 3.65. The number of benzene rings is 2. The number of likely N-dealkylation sites (N-methyl/N-ethyl adjacent to an activating group) is 1. The third kappa shape index (κ3) is 3.62. The van der Waals surface area contributed by atoms with Crippen LogP contribution in [0.15, 0.2) is 41.2 Å². The first-order chi connectivity index (χ1) is 12.6. The lowest BCUT2D eigenvalue weighted by atomic mass is 10.1. The molecule has 2 aromatic heterocycles. The van der Waals surface area contributed by atoms with Crippen molar-refractivity contribution in [2.24, 2.45) is 0 Å². The van der Waals surface area contributed by atoms with Crippen LogP contribution in [0, 0.1) is 0 Å². The molecular weight excluding hydrogens is 395 g/mol. The van der Waals surface area contributed by atoms with Crippen LogP contribution in [0.1, 0.15) is 19.2 Å². The monoisotopic (exact) mass is 420 g/mol. The molecule has 0 spiro atoms. The molecule has 0 unspecified atom stereocenters. The van der Waals surface area contributed by atoms with Crippen molar-refractivity contribution in [3.05, 3.63) is 52.4 Å². The highest BCUT2D eigenvalue weighted by atomic mass is 35.5. The Morgan fingerprint density at radius 2 is 1.86 bits per heavy atom. The molecule has 4 aromatic rings. The van der Waals surface area contributed by atoms with Crippen molar-refractivity contribution in [1.29, 1.82) is 0 Å². The van der Waals surface area contributed by atoms with E-state index in [1.54, 1.807) is 0 Å². The van der Waals surface area contributed by atoms with E-state index in [1.165, 1.54) is 0 Å². The maximum Gasteiger partial charge on any atom is 0.199 e. The topological polar surface area (TPSA) is 49.6 Å². The largest absolute Gasteiger partial charge is 0.383 e. The number of imidazole rings is 1. The third-order valence-corrected chi connectivity index (χ3v) is 4.85. The second-order valence-corrected chi connectivity index (χ2v) is 7.05. The van der Waals surface area contributed by atoms with Gasteiger partial charge in [-0.25, -0.2) is 4.98 Å². The minimum Gasteiger partial charge on any atom is -0.383 e. The van der Waals surface area contributed by atoms with Crippen LogP contribution in [-0.2, 0) is 6.42 Å². The molecule has 0 atom stereocenters. The van der Waals surface area contributed by atoms with Crippen molar-refractivity contribution in [3.63, 3.8) is 0 Å². The molecule has 4 rings (SSSR count). The number of anilines is 1. The molecule has 0 saturated heterocycles. The maximum absolute atomic E-state index is 13.3. The van der Waals surface area contributed by atoms with Gasteiger partial charge in [-0.1, -0.05) is 19.1 Å². The zero-order chi connectivity index (χ0) is 18.3. The molecule has 28 heavy (non-hydrogen) atoms. The van der Waals surface area contributed by atoms with Crippen molar-refractivity contribution >= 4 is 57.8 Å². The summed E-state index contributed by atoms with van der Waals surface area (Å²) in [6.45, 7) is 3.85. The Morgan fingerprint density at radius 1 is 1.11 bits per heavy atom. The average Bonchev–Trinajstić information content (AvgIpc) is 2.99. The smallest absolute Gasteiger partial charge is 0.199 e. The molecule has 0 amide bonds. The molecule has 2 heterocycles. The van der Waals surface area contributed by atoms with E-state index in [4.69, 9.17) is 4.98 Å². The van der Waals surface area contributed by atoms with Gasteiger partial charge in [0.25, 0.3) is 0 Å². The van der Waals surface area contributed by atoms with E-state index in [0.29, 0.717) is 0 Å². The number of halogens is 2. The minimum atomic E-state index is 0. The van der Waals surface area contributed by atoms with Gasteiger partial charge in [0, 0.05) is 30.6 Å². The second-order valence-electron chi connectivity index (χ2n) is 7.05. The molecule has 1 N–H and O–H groups in total. The third-order valence-electron chi connectivity index (χ3n) is 4.85. The van der Waals surface area contributed by atoms with Gasteiger partial charge in [0.15, 0.2) is 5.43 Å². The Labute approximate surface area is 176 Å². The highest BCUT2D eigenvalue weighted by Crippen LogP contribution is 2.30. The van der Waals surface area contributed by atoms with Gasteiger partial charge in [-0.15, -0.1) is 24.8 Å². The molecule has 150 valence electrons. The fourth-order valence-corrected chi connectivity index (χ4v) is 3.65. The predicted octanol–water partition coefficient (Wildman–Crippen LogP) is 4.21. The molecular formula is C21H26Cl2N4O. The Kier molecular flexibility index (Phi) is 7.10. The van der Waals surface area contributed by atoms with Crippen LogP contribution in [0.3, 0.4) is 0 Å². The van der Waals surface area contributed by atoms with Crippen molar-refractivity contribution < 1.29 is 0 Å². The number of aryl methyl sites for hydroxylation is 1. The maximum atomic E-state index is 13.3. The summed E-state index contributed by atoms with van der Waals surface area (Å²) in [4.78, 5) is 20.2. The Balaban J connectivity index is 0.00000140. The molecule has 0 aliphatic carbocycles. The van der Waals surface area contributed by atoms with E-state index in [2.05, 4.69) is 21.5 Å². The van der Waals surface area contributed by atoms with Gasteiger partial charge >= 0.3 is 0 Å². The number of para-hydroxylation sites is 1. The zero-order valence-corrected chi connectivity index (χ0v) is 18.0. The predicted molar refractivity (Wildman–Crippen MR) is 123 cm³/mol. The van der Waals surface area contributed by atoms with Crippen LogP contribution in [0.2, 0.25) is 0 Å². The van der Waals surface area contributed by atoms with Crippen LogP contribution in [0.4, 0.5) is 5.69 Å². The molecule has 0 aliphatic rings. The molecule has 0 saturated carbocycles. The van der Waals surface area contributed by atoms with E-state index in [-0.39, 0.29) is 30.2 Å². The number of hydrogen-bond acceptors (Lipinski definition) is 4. The fraction of sp³-hybridized carbons (Fsp3) is 0.333. The number of nitrogens with one attached hydrogen (secondary N) is 1. The molecule has 0 fully saturated rings. The average molecular weight is 421 g/mol. The van der Waals surface area contributed by atoms with Gasteiger partial charge in [-0.3, -0.25) is 9.20 Å². The van der Waals surface area contributed by atoms with E-state index < -0.39 is 0 Å². The summed E-state index contributed by atoms with van der Waals surface area (Å²) in [5.41, 5.74) is 3.75. The van der Waals surface area contributed by atoms with Crippen molar-refractivity contribution in [2.45, 2.75) is 19.8 Å². The summed E-state index contributed by atoms with van der Waals surface area (Å²) in [6.07, 6.45) is 1.91. The van der Waals surface area contributed by atoms with Crippen LogP contribution in [0.5, 0.6) is 0 Å². The number of rotatable bonds is 6. The summed E-state index contributed by atoms with van der Waals surface area (Å²) < 4.78 is 2.18. The Hall–Kier alpha value is -2.08. The number of nitrogens with zero attached hydrogens (tertiary/aromatic N) is 3. The quantitative estimate of drug-likeness (QED) is 0.474. The van der Waals surface area contributed by atoms with Crippen molar-refractivity contribution in [1.82, 2.24) is 14.3 Å². The van der Waals surface area contributed by atoms with Crippen molar-refractivity contribution in [3.8, 4) is 0 Å². The summed E-state index contributed by atoms with van der Waals surface area (Å²) in [5, 5.41) is 4.94. The SMILES string of the molecule is CCCc1nc2ccc(NCCN(C)C)c3c(=O)c4ccccc4n1c23.Cl.Cl. The van der Waals surface area contributed by atoms with Gasteiger partial charge in [-0.05, 0) is 44.8 Å². The van der Waals surface area contributed by atoms with E-state index in [1.807, 2.05) is 50.5 Å². The van der Waals surface area contributed by atoms with Crippen molar-refractivity contribution in [2.75, 3.05) is 32.5 Å². The summed E-state index contributed by atoms with van der Waals surface area (Å²) in [5.74, 6) is 1.02. The Bertz CT molecular complexity index is 1140. The zero-order valence-electron chi connectivity index (χ0n) is 16.4. The molecule has 0 radical (unpaired) electrons. The van der Waals surface area contributed by atoms with Gasteiger partial charge in [-0.2, -0.15) is 0 Å². The minimum absolute atomic E-state index is 0. The highest BCUT2D eigenvalue weighted by Gasteiger charge is 2.19. The van der Waals surface area contributed by atoms with Gasteiger partial charge in [0.2, 0.25) is 0 Å². The van der Waals surface area contributed by atoms with E-state index in [0.717, 1.165) is 64.8 Å². The number of hydrogen-bond donors (Lipinski definition) is 1. The summed E-state index contributed by atoms with van der Waals surface area (Å²) in [6, 6.07) is 11.9. The summed E-state index contributed by atoms with van der Waals surface area (Å²) >= 11 is 0. The number of pyridine rings is 1. The van der Waals surface area contributed by atoms with E-state index in [9.17, 15) is 4.79 Å². The first kappa shape index (κ1) is 22.2. The van der Waals surface area contributed by atoms with Crippen LogP contribution in [-0.4, -0.2) is 41.5 Å². The normalized spacial score (nSPS) is 11.1. The van der Waals surface area contributed by atoms with Gasteiger partial charge in [0.1, 0.15) is 5.82 Å². The molecule has 0 aliphatic heterocycles. The van der Waals surface area contributed by atoms with Crippen LogP contribution < -0.4 is 10.7 Å².